The third-order valence-corrected chi connectivity index (χ3v) is 1.97. The fourth-order valence-electron chi connectivity index (χ4n) is 1.32. The molecular weight excluding hydrogens is 156 g/mol. The Morgan fingerprint density at radius 2 is 2.00 bits per heavy atom. The maximum atomic E-state index is 3.74. The molecule has 0 heterocycles. The Bertz CT molecular complexity index is 302. The first-order chi connectivity index (χ1) is 6.38. The van der Waals surface area contributed by atoms with Crippen molar-refractivity contribution in [1.82, 2.24) is 0 Å². The zero-order valence-corrected chi connectivity index (χ0v) is 7.74. The summed E-state index contributed by atoms with van der Waals surface area (Å²) in [5, 5.41) is 0. The average molecular weight is 170 g/mol. The highest BCUT2D eigenvalue weighted by Gasteiger charge is 2.03. The minimum Gasteiger partial charge on any atom is -0.132 e. The van der Waals surface area contributed by atoms with E-state index in [0.717, 1.165) is 6.42 Å². The summed E-state index contributed by atoms with van der Waals surface area (Å²) in [6, 6.07) is 10.3. The van der Waals surface area contributed by atoms with Gasteiger partial charge in [0.1, 0.15) is 0 Å². The van der Waals surface area contributed by atoms with Crippen molar-refractivity contribution in [2.45, 2.75) is 12.3 Å². The standard InChI is InChI=1S/C13H14/c1-3-8-12(9-4-2)13-10-6-5-7-11-13/h3,5-7,9-12H,1-2,8H2. The summed E-state index contributed by atoms with van der Waals surface area (Å²) in [6.07, 6.45) is 4.84. The third-order valence-electron chi connectivity index (χ3n) is 1.97. The van der Waals surface area contributed by atoms with E-state index in [4.69, 9.17) is 0 Å². The summed E-state index contributed by atoms with van der Waals surface area (Å²) < 4.78 is 0. The predicted molar refractivity (Wildman–Crippen MR) is 57.7 cm³/mol. The Kier molecular flexibility index (Phi) is 3.81. The van der Waals surface area contributed by atoms with Crippen LogP contribution in [0.3, 0.4) is 0 Å². The van der Waals surface area contributed by atoms with Gasteiger partial charge < -0.3 is 0 Å². The van der Waals surface area contributed by atoms with Crippen LogP contribution >= 0.6 is 0 Å². The molecule has 0 saturated heterocycles. The van der Waals surface area contributed by atoms with E-state index in [0.29, 0.717) is 5.92 Å². The van der Waals surface area contributed by atoms with Gasteiger partial charge in [-0.3, -0.25) is 0 Å². The van der Waals surface area contributed by atoms with Crippen LogP contribution in [0.1, 0.15) is 17.9 Å². The highest BCUT2D eigenvalue weighted by atomic mass is 14.1. The topological polar surface area (TPSA) is 0 Å². The molecule has 0 aliphatic rings. The fraction of sp³-hybridized carbons (Fsp3) is 0.154. The molecule has 1 unspecified atom stereocenters. The molecule has 0 nitrogen and oxygen atoms in total. The molecule has 1 atom stereocenters. The van der Waals surface area contributed by atoms with Gasteiger partial charge in [0.25, 0.3) is 0 Å². The Balaban J connectivity index is 2.87. The second-order valence-electron chi connectivity index (χ2n) is 2.91. The van der Waals surface area contributed by atoms with Crippen LogP contribution in [-0.2, 0) is 0 Å². The lowest BCUT2D eigenvalue weighted by Crippen LogP contribution is -1.91. The van der Waals surface area contributed by atoms with Crippen LogP contribution in [-0.4, -0.2) is 0 Å². The highest BCUT2D eigenvalue weighted by Crippen LogP contribution is 2.20. The van der Waals surface area contributed by atoms with Crippen molar-refractivity contribution < 1.29 is 0 Å². The van der Waals surface area contributed by atoms with E-state index in [1.807, 2.05) is 30.4 Å². The lowest BCUT2D eigenvalue weighted by molar-refractivity contribution is 0.867. The molecular formula is C13H14. The molecule has 0 aromatic heterocycles. The van der Waals surface area contributed by atoms with E-state index < -0.39 is 0 Å². The zero-order chi connectivity index (χ0) is 9.52. The van der Waals surface area contributed by atoms with E-state index in [2.05, 4.69) is 31.0 Å². The van der Waals surface area contributed by atoms with Crippen molar-refractivity contribution >= 4 is 0 Å². The largest absolute Gasteiger partial charge is 0.132 e. The van der Waals surface area contributed by atoms with Gasteiger partial charge in [0.2, 0.25) is 0 Å². The molecule has 0 fully saturated rings. The summed E-state index contributed by atoms with van der Waals surface area (Å²) in [5.74, 6) is 0.371. The first-order valence-corrected chi connectivity index (χ1v) is 4.40. The number of benzene rings is 1. The van der Waals surface area contributed by atoms with Gasteiger partial charge >= 0.3 is 0 Å². The van der Waals surface area contributed by atoms with Gasteiger partial charge in [-0.05, 0) is 18.1 Å². The molecule has 0 spiro atoms. The normalized spacial score (nSPS) is 11.4. The molecule has 0 bridgehead atoms. The lowest BCUT2D eigenvalue weighted by Gasteiger charge is -2.08. The van der Waals surface area contributed by atoms with Gasteiger partial charge in [0.15, 0.2) is 0 Å². The van der Waals surface area contributed by atoms with Crippen LogP contribution in [0, 0.1) is 0 Å². The number of hydrogen-bond acceptors (Lipinski definition) is 0. The molecule has 1 rings (SSSR count). The Morgan fingerprint density at radius 1 is 1.31 bits per heavy atom. The molecule has 0 amide bonds. The summed E-state index contributed by atoms with van der Waals surface area (Å²) in [4.78, 5) is 0. The van der Waals surface area contributed by atoms with E-state index in [9.17, 15) is 0 Å². The van der Waals surface area contributed by atoms with Crippen LogP contribution in [0.25, 0.3) is 0 Å². The molecule has 0 aliphatic heterocycles. The second-order valence-corrected chi connectivity index (χ2v) is 2.91. The Labute approximate surface area is 79.9 Å². The SMILES string of the molecule is C=C=CC(CC=C)c1ccccc1. The summed E-state index contributed by atoms with van der Waals surface area (Å²) in [5.41, 5.74) is 4.12. The Hall–Kier alpha value is -1.52. The fourth-order valence-corrected chi connectivity index (χ4v) is 1.32. The van der Waals surface area contributed by atoms with E-state index in [1.54, 1.807) is 0 Å². The molecule has 0 aliphatic carbocycles. The van der Waals surface area contributed by atoms with Gasteiger partial charge in [0.05, 0.1) is 0 Å². The molecule has 1 aromatic rings. The van der Waals surface area contributed by atoms with Crippen molar-refractivity contribution in [2.75, 3.05) is 0 Å². The third kappa shape index (κ3) is 2.77. The molecule has 1 aromatic carbocycles. The number of allylic oxidation sites excluding steroid dienone is 2. The molecule has 13 heavy (non-hydrogen) atoms. The van der Waals surface area contributed by atoms with Gasteiger partial charge in [-0.15, -0.1) is 12.3 Å². The number of hydrogen-bond donors (Lipinski definition) is 0. The van der Waals surface area contributed by atoms with Crippen molar-refractivity contribution in [3.05, 3.63) is 66.9 Å². The summed E-state index contributed by atoms with van der Waals surface area (Å²) in [7, 11) is 0. The van der Waals surface area contributed by atoms with Crippen LogP contribution in [0.4, 0.5) is 0 Å². The van der Waals surface area contributed by atoms with Gasteiger partial charge in [-0.2, -0.15) is 0 Å². The first-order valence-electron chi connectivity index (χ1n) is 4.40. The zero-order valence-electron chi connectivity index (χ0n) is 7.74. The van der Waals surface area contributed by atoms with Crippen LogP contribution in [0.5, 0.6) is 0 Å². The predicted octanol–water partition coefficient (Wildman–Crippen LogP) is 3.69. The molecule has 0 N–H and O–H groups in total. The maximum Gasteiger partial charge on any atom is 0.0128 e. The van der Waals surface area contributed by atoms with Crippen LogP contribution in [0.15, 0.2) is 61.4 Å². The quantitative estimate of drug-likeness (QED) is 0.477. The first kappa shape index (κ1) is 9.57. The average Bonchev–Trinajstić information content (AvgIpc) is 2.19. The molecule has 66 valence electrons. The van der Waals surface area contributed by atoms with Crippen molar-refractivity contribution in [2.24, 2.45) is 0 Å². The highest BCUT2D eigenvalue weighted by molar-refractivity contribution is 5.24. The van der Waals surface area contributed by atoms with Crippen LogP contribution < -0.4 is 0 Å². The minimum absolute atomic E-state index is 0.371. The summed E-state index contributed by atoms with van der Waals surface area (Å²) in [6.45, 7) is 7.33. The van der Waals surface area contributed by atoms with Crippen molar-refractivity contribution in [1.29, 1.82) is 0 Å². The van der Waals surface area contributed by atoms with Crippen LogP contribution in [0.2, 0.25) is 0 Å². The summed E-state index contributed by atoms with van der Waals surface area (Å²) >= 11 is 0. The minimum atomic E-state index is 0.371. The molecule has 0 saturated carbocycles. The van der Waals surface area contributed by atoms with E-state index in [-0.39, 0.29) is 0 Å². The van der Waals surface area contributed by atoms with Gasteiger partial charge in [-0.1, -0.05) is 43.0 Å². The smallest absolute Gasteiger partial charge is 0.0128 e. The van der Waals surface area contributed by atoms with Crippen molar-refractivity contribution in [3.63, 3.8) is 0 Å². The van der Waals surface area contributed by atoms with E-state index in [1.165, 1.54) is 5.56 Å². The van der Waals surface area contributed by atoms with Gasteiger partial charge in [-0.25, -0.2) is 0 Å². The molecule has 0 radical (unpaired) electrons. The number of rotatable bonds is 4. The second kappa shape index (κ2) is 5.18. The maximum absolute atomic E-state index is 3.74. The molecule has 0 heteroatoms. The van der Waals surface area contributed by atoms with E-state index >= 15 is 0 Å². The monoisotopic (exact) mass is 170 g/mol. The van der Waals surface area contributed by atoms with Gasteiger partial charge in [0, 0.05) is 5.92 Å². The Morgan fingerprint density at radius 3 is 2.54 bits per heavy atom. The van der Waals surface area contributed by atoms with Crippen molar-refractivity contribution in [3.8, 4) is 0 Å². The lowest BCUT2D eigenvalue weighted by atomic mass is 9.96.